The summed E-state index contributed by atoms with van der Waals surface area (Å²) >= 11 is 2.94. The number of hydrogen-bond acceptors (Lipinski definition) is 7. The van der Waals surface area contributed by atoms with Gasteiger partial charge in [0.1, 0.15) is 17.3 Å². The largest absolute Gasteiger partial charge is 0.497 e. The Kier molecular flexibility index (Phi) is 6.13. The molecule has 0 radical (unpaired) electrons. The molecule has 0 saturated heterocycles. The number of thiophene rings is 1. The van der Waals surface area contributed by atoms with E-state index in [2.05, 4.69) is 26.6 Å². The summed E-state index contributed by atoms with van der Waals surface area (Å²) in [5.74, 6) is 2.01. The number of carbonyl (C=O) groups excluding carboxylic acids is 1. The summed E-state index contributed by atoms with van der Waals surface area (Å²) in [7, 11) is 3.12. The molecule has 2 aromatic heterocycles. The van der Waals surface area contributed by atoms with Crippen molar-refractivity contribution in [1.82, 2.24) is 15.2 Å². The first-order valence-corrected chi connectivity index (χ1v) is 9.63. The summed E-state index contributed by atoms with van der Waals surface area (Å²) in [5, 5.41) is 12.4. The van der Waals surface area contributed by atoms with E-state index in [0.717, 1.165) is 5.82 Å². The maximum Gasteiger partial charge on any atom is 0.234 e. The molecule has 0 atom stereocenters. The van der Waals surface area contributed by atoms with E-state index in [9.17, 15) is 4.79 Å². The van der Waals surface area contributed by atoms with Crippen LogP contribution in [-0.2, 0) is 11.2 Å². The van der Waals surface area contributed by atoms with Crippen LogP contribution in [0.25, 0.3) is 0 Å². The molecule has 7 nitrogen and oxygen atoms in total. The number of benzene rings is 1. The van der Waals surface area contributed by atoms with Gasteiger partial charge in [0, 0.05) is 17.4 Å². The smallest absolute Gasteiger partial charge is 0.234 e. The molecule has 0 fully saturated rings. The number of anilines is 1. The molecule has 0 saturated carbocycles. The van der Waals surface area contributed by atoms with Crippen LogP contribution in [0, 0.1) is 0 Å². The van der Waals surface area contributed by atoms with Crippen LogP contribution < -0.4 is 14.8 Å². The molecule has 1 aromatic carbocycles. The zero-order valence-electron chi connectivity index (χ0n) is 14.3. The van der Waals surface area contributed by atoms with Gasteiger partial charge in [0.25, 0.3) is 0 Å². The van der Waals surface area contributed by atoms with Crippen LogP contribution in [-0.4, -0.2) is 41.1 Å². The number of nitrogens with zero attached hydrogens (tertiary/aromatic N) is 2. The predicted molar refractivity (Wildman–Crippen MR) is 102 cm³/mol. The van der Waals surface area contributed by atoms with Crippen molar-refractivity contribution in [2.75, 3.05) is 25.3 Å². The first-order chi connectivity index (χ1) is 12.7. The maximum atomic E-state index is 12.2. The fraction of sp³-hybridized carbons (Fsp3) is 0.235. The van der Waals surface area contributed by atoms with E-state index in [1.54, 1.807) is 43.8 Å². The first kappa shape index (κ1) is 18.3. The molecular formula is C17H18N4O3S2. The summed E-state index contributed by atoms with van der Waals surface area (Å²) in [6.07, 6.45) is 0.707. The normalized spacial score (nSPS) is 10.5. The predicted octanol–water partition coefficient (Wildman–Crippen LogP) is 3.21. The van der Waals surface area contributed by atoms with Gasteiger partial charge in [-0.3, -0.25) is 9.89 Å². The van der Waals surface area contributed by atoms with E-state index in [0.29, 0.717) is 28.8 Å². The van der Waals surface area contributed by atoms with Crippen molar-refractivity contribution in [2.24, 2.45) is 0 Å². The number of nitrogens with one attached hydrogen (secondary N) is 2. The number of methoxy groups -OCH3 is 2. The van der Waals surface area contributed by atoms with Gasteiger partial charge in [-0.2, -0.15) is 0 Å². The van der Waals surface area contributed by atoms with Crippen molar-refractivity contribution in [3.8, 4) is 11.5 Å². The third-order valence-electron chi connectivity index (χ3n) is 3.45. The van der Waals surface area contributed by atoms with E-state index in [-0.39, 0.29) is 11.7 Å². The molecule has 2 N–H and O–H groups in total. The van der Waals surface area contributed by atoms with Crippen LogP contribution in [0.4, 0.5) is 5.69 Å². The summed E-state index contributed by atoms with van der Waals surface area (Å²) in [6.45, 7) is 0. The Bertz CT molecular complexity index is 865. The van der Waals surface area contributed by atoms with Crippen molar-refractivity contribution >= 4 is 34.7 Å². The molecule has 3 aromatic rings. The lowest BCUT2D eigenvalue weighted by molar-refractivity contribution is -0.113. The topological polar surface area (TPSA) is 89.1 Å². The molecule has 0 aliphatic heterocycles. The van der Waals surface area contributed by atoms with Gasteiger partial charge in [0.05, 0.1) is 25.7 Å². The number of rotatable bonds is 8. The summed E-state index contributed by atoms with van der Waals surface area (Å²) in [6, 6.07) is 9.28. The SMILES string of the molecule is COc1ccc(OC)c(NC(=O)CSc2n[nH]c(Cc3cccs3)n2)c1. The highest BCUT2D eigenvalue weighted by atomic mass is 32.2. The monoisotopic (exact) mass is 390 g/mol. The molecule has 2 heterocycles. The average molecular weight is 390 g/mol. The quantitative estimate of drug-likeness (QED) is 0.574. The number of ether oxygens (including phenoxy) is 2. The number of thioether (sulfide) groups is 1. The van der Waals surface area contributed by atoms with Crippen LogP contribution in [0.5, 0.6) is 11.5 Å². The van der Waals surface area contributed by atoms with E-state index in [4.69, 9.17) is 9.47 Å². The van der Waals surface area contributed by atoms with Gasteiger partial charge < -0.3 is 14.8 Å². The number of hydrogen-bond donors (Lipinski definition) is 2. The molecule has 3 rings (SSSR count). The average Bonchev–Trinajstić information content (AvgIpc) is 3.32. The Hall–Kier alpha value is -2.52. The maximum absolute atomic E-state index is 12.2. The van der Waals surface area contributed by atoms with Gasteiger partial charge in [-0.1, -0.05) is 17.8 Å². The lowest BCUT2D eigenvalue weighted by Crippen LogP contribution is -2.15. The van der Waals surface area contributed by atoms with E-state index in [1.165, 1.54) is 16.6 Å². The zero-order valence-corrected chi connectivity index (χ0v) is 15.9. The highest BCUT2D eigenvalue weighted by Gasteiger charge is 2.12. The van der Waals surface area contributed by atoms with Crippen molar-refractivity contribution < 1.29 is 14.3 Å². The molecular weight excluding hydrogens is 372 g/mol. The minimum absolute atomic E-state index is 0.175. The molecule has 0 aliphatic rings. The zero-order chi connectivity index (χ0) is 18.4. The molecule has 136 valence electrons. The fourth-order valence-corrected chi connectivity index (χ4v) is 3.55. The third-order valence-corrected chi connectivity index (χ3v) is 5.17. The second-order valence-electron chi connectivity index (χ2n) is 5.22. The van der Waals surface area contributed by atoms with Crippen LogP contribution >= 0.6 is 23.1 Å². The number of amides is 1. The minimum Gasteiger partial charge on any atom is -0.497 e. The molecule has 0 spiro atoms. The number of H-pyrrole nitrogens is 1. The highest BCUT2D eigenvalue weighted by Crippen LogP contribution is 2.29. The van der Waals surface area contributed by atoms with Gasteiger partial charge in [0.2, 0.25) is 11.1 Å². The van der Waals surface area contributed by atoms with Crippen LogP contribution in [0.3, 0.4) is 0 Å². The summed E-state index contributed by atoms with van der Waals surface area (Å²) in [5.41, 5.74) is 0.561. The van der Waals surface area contributed by atoms with Gasteiger partial charge in [0.15, 0.2) is 0 Å². The Labute approximate surface area is 159 Å². The number of carbonyl (C=O) groups is 1. The van der Waals surface area contributed by atoms with Crippen molar-refractivity contribution in [1.29, 1.82) is 0 Å². The van der Waals surface area contributed by atoms with Gasteiger partial charge in [-0.05, 0) is 23.6 Å². The van der Waals surface area contributed by atoms with Crippen molar-refractivity contribution in [3.63, 3.8) is 0 Å². The van der Waals surface area contributed by atoms with Crippen molar-refractivity contribution in [2.45, 2.75) is 11.6 Å². The summed E-state index contributed by atoms with van der Waals surface area (Å²) < 4.78 is 10.4. The molecule has 26 heavy (non-hydrogen) atoms. The lowest BCUT2D eigenvalue weighted by atomic mass is 10.2. The first-order valence-electron chi connectivity index (χ1n) is 7.76. The number of aromatic nitrogens is 3. The van der Waals surface area contributed by atoms with E-state index in [1.807, 2.05) is 11.4 Å². The van der Waals surface area contributed by atoms with Gasteiger partial charge in [-0.15, -0.1) is 16.4 Å². The lowest BCUT2D eigenvalue weighted by Gasteiger charge is -2.11. The van der Waals surface area contributed by atoms with Crippen LogP contribution in [0.2, 0.25) is 0 Å². The summed E-state index contributed by atoms with van der Waals surface area (Å²) in [4.78, 5) is 17.8. The van der Waals surface area contributed by atoms with Crippen LogP contribution in [0.15, 0.2) is 40.9 Å². The number of aromatic amines is 1. The molecule has 0 aliphatic carbocycles. The Morgan fingerprint density at radius 1 is 1.31 bits per heavy atom. The van der Waals surface area contributed by atoms with Gasteiger partial charge >= 0.3 is 0 Å². The van der Waals surface area contributed by atoms with Crippen molar-refractivity contribution in [3.05, 3.63) is 46.4 Å². The Balaban J connectivity index is 1.55. The fourth-order valence-electron chi connectivity index (χ4n) is 2.23. The highest BCUT2D eigenvalue weighted by molar-refractivity contribution is 7.99. The Morgan fingerprint density at radius 3 is 2.92 bits per heavy atom. The minimum atomic E-state index is -0.175. The third kappa shape index (κ3) is 4.77. The molecule has 0 bridgehead atoms. The van der Waals surface area contributed by atoms with E-state index >= 15 is 0 Å². The molecule has 1 amide bonds. The molecule has 0 unspecified atom stereocenters. The van der Waals surface area contributed by atoms with Crippen LogP contribution in [0.1, 0.15) is 10.7 Å². The van der Waals surface area contributed by atoms with Gasteiger partial charge in [-0.25, -0.2) is 4.98 Å². The second-order valence-corrected chi connectivity index (χ2v) is 7.20. The second kappa shape index (κ2) is 8.72. The Morgan fingerprint density at radius 2 is 2.19 bits per heavy atom. The standard InChI is InChI=1S/C17H18N4O3S2/c1-23-11-5-6-14(24-2)13(8-11)18-16(22)10-26-17-19-15(20-21-17)9-12-4-3-7-25-12/h3-8H,9-10H2,1-2H3,(H,18,22)(H,19,20,21). The molecule has 9 heteroatoms. The van der Waals surface area contributed by atoms with E-state index < -0.39 is 0 Å².